The number of aliphatic hydroxyl groups is 6. The second kappa shape index (κ2) is 15.4. The molecule has 0 saturated heterocycles. The van der Waals surface area contributed by atoms with E-state index < -0.39 is 43.0 Å². The van der Waals surface area contributed by atoms with Crippen molar-refractivity contribution in [1.29, 1.82) is 0 Å². The Morgan fingerprint density at radius 1 is 0.889 bits per heavy atom. The smallest absolute Gasteiger partial charge is 0.251 e. The molecule has 1 amide bonds. The number of carbonyl (C=O) groups excluding carboxylic acids is 1. The largest absolute Gasteiger partial charge is 0.394 e. The van der Waals surface area contributed by atoms with E-state index >= 15 is 0 Å². The Hall–Kier alpha value is -1.65. The van der Waals surface area contributed by atoms with Gasteiger partial charge in [-0.2, -0.15) is 0 Å². The van der Waals surface area contributed by atoms with Crippen LogP contribution in [0.25, 0.3) is 0 Å². The zero-order valence-corrected chi connectivity index (χ0v) is 15.6. The van der Waals surface area contributed by atoms with Crippen molar-refractivity contribution < 1.29 is 35.4 Å². The number of amides is 1. The van der Waals surface area contributed by atoms with Crippen molar-refractivity contribution in [1.82, 2.24) is 5.32 Å². The van der Waals surface area contributed by atoms with Crippen LogP contribution in [0.4, 0.5) is 0 Å². The van der Waals surface area contributed by atoms with Crippen LogP contribution in [0.3, 0.4) is 0 Å². The van der Waals surface area contributed by atoms with Gasteiger partial charge >= 0.3 is 0 Å². The number of rotatable bonds is 12. The molecule has 0 unspecified atom stereocenters. The number of hydrogen-bond donors (Lipinski definition) is 7. The Morgan fingerprint density at radius 3 is 2.04 bits per heavy atom. The quantitative estimate of drug-likeness (QED) is 0.156. The summed E-state index contributed by atoms with van der Waals surface area (Å²) >= 11 is 0. The van der Waals surface area contributed by atoms with E-state index in [2.05, 4.69) is 35.9 Å². The first kappa shape index (κ1) is 25.4. The molecule has 0 saturated carbocycles. The van der Waals surface area contributed by atoms with E-state index in [1.165, 1.54) is 0 Å². The average Bonchev–Trinajstić information content (AvgIpc) is 2.68. The summed E-state index contributed by atoms with van der Waals surface area (Å²) in [5.41, 5.74) is 0. The molecule has 0 aromatic carbocycles. The Kier molecular flexibility index (Phi) is 14.5. The van der Waals surface area contributed by atoms with E-state index in [4.69, 9.17) is 5.11 Å². The van der Waals surface area contributed by atoms with Crippen molar-refractivity contribution in [2.75, 3.05) is 13.2 Å². The second-order valence-electron chi connectivity index (χ2n) is 6.12. The molecule has 0 spiro atoms. The minimum Gasteiger partial charge on any atom is -0.394 e. The highest BCUT2D eigenvalue weighted by molar-refractivity contribution is 5.81. The second-order valence-corrected chi connectivity index (χ2v) is 6.12. The molecule has 0 bridgehead atoms. The molecule has 0 radical (unpaired) electrons. The highest BCUT2D eigenvalue weighted by Gasteiger charge is 2.36. The highest BCUT2D eigenvalue weighted by Crippen LogP contribution is 2.09. The molecule has 0 heterocycles. The van der Waals surface area contributed by atoms with Crippen LogP contribution in [0.1, 0.15) is 45.4 Å². The molecule has 0 aromatic rings. The van der Waals surface area contributed by atoms with Gasteiger partial charge in [0, 0.05) is 19.4 Å². The predicted octanol–water partition coefficient (Wildman–Crippen LogP) is -1.73. The summed E-state index contributed by atoms with van der Waals surface area (Å²) in [5.74, 6) is 10.5. The standard InChI is InChI=1S/C19H31NO7/c1-2-3-4-5-6-7-8-9-10-11-12-20-19(27)18(26)17(25)16(24)15(23)14(22)13-21/h14-18,21-26H,2-4,9-13H2,1H3,(H,20,27)/t14-,15-,16-,17+,18-/m1/s1. The molecule has 0 aliphatic heterocycles. The molecule has 0 aliphatic carbocycles. The molecular formula is C19H31NO7. The summed E-state index contributed by atoms with van der Waals surface area (Å²) in [6.45, 7) is 1.49. The monoisotopic (exact) mass is 385 g/mol. The van der Waals surface area contributed by atoms with Crippen LogP contribution in [-0.2, 0) is 4.79 Å². The number of hydrogen-bond acceptors (Lipinski definition) is 7. The third-order valence-electron chi connectivity index (χ3n) is 3.80. The van der Waals surface area contributed by atoms with Gasteiger partial charge in [-0.05, 0) is 31.1 Å². The van der Waals surface area contributed by atoms with Crippen LogP contribution in [0, 0.1) is 23.7 Å². The fourth-order valence-corrected chi connectivity index (χ4v) is 2.01. The third kappa shape index (κ3) is 10.9. The van der Waals surface area contributed by atoms with Gasteiger partial charge in [-0.15, -0.1) is 0 Å². The third-order valence-corrected chi connectivity index (χ3v) is 3.80. The summed E-state index contributed by atoms with van der Waals surface area (Å²) in [4.78, 5) is 11.7. The molecule has 8 heteroatoms. The van der Waals surface area contributed by atoms with Crippen LogP contribution >= 0.6 is 0 Å². The van der Waals surface area contributed by atoms with Gasteiger partial charge in [-0.3, -0.25) is 4.79 Å². The van der Waals surface area contributed by atoms with Crippen molar-refractivity contribution in [2.45, 2.75) is 76.0 Å². The molecule has 5 atom stereocenters. The normalized spacial score (nSPS) is 16.0. The first-order chi connectivity index (χ1) is 12.9. The van der Waals surface area contributed by atoms with Gasteiger partial charge in [0.25, 0.3) is 5.91 Å². The maximum atomic E-state index is 11.7. The molecular weight excluding hydrogens is 354 g/mol. The Morgan fingerprint density at radius 2 is 1.48 bits per heavy atom. The van der Waals surface area contributed by atoms with Crippen molar-refractivity contribution in [2.24, 2.45) is 0 Å². The van der Waals surface area contributed by atoms with Gasteiger partial charge in [0.15, 0.2) is 6.10 Å². The number of unbranched alkanes of at least 4 members (excludes halogenated alkanes) is 4. The van der Waals surface area contributed by atoms with Gasteiger partial charge in [0.1, 0.15) is 24.4 Å². The fourth-order valence-electron chi connectivity index (χ4n) is 2.01. The lowest BCUT2D eigenvalue weighted by molar-refractivity contribution is -0.156. The highest BCUT2D eigenvalue weighted by atomic mass is 16.4. The lowest BCUT2D eigenvalue weighted by Crippen LogP contribution is -2.54. The first-order valence-electron chi connectivity index (χ1n) is 9.11. The maximum Gasteiger partial charge on any atom is 0.251 e. The van der Waals surface area contributed by atoms with Crippen molar-refractivity contribution in [3.63, 3.8) is 0 Å². The molecule has 0 fully saturated rings. The molecule has 8 nitrogen and oxygen atoms in total. The maximum absolute atomic E-state index is 11.7. The van der Waals surface area contributed by atoms with Gasteiger partial charge in [0.05, 0.1) is 6.61 Å². The van der Waals surface area contributed by atoms with Gasteiger partial charge in [0.2, 0.25) is 0 Å². The lowest BCUT2D eigenvalue weighted by atomic mass is 9.99. The SMILES string of the molecule is CCCCC#CC#CCCCCNC(=O)[C@H](O)[C@@H](O)[C@H](O)[C@H](O)[C@H](O)CO. The van der Waals surface area contributed by atoms with E-state index in [0.29, 0.717) is 19.3 Å². The molecule has 0 aliphatic rings. The number of aliphatic hydroxyl groups excluding tert-OH is 6. The Bertz CT molecular complexity index is 532. The summed E-state index contributed by atoms with van der Waals surface area (Å²) in [6.07, 6.45) is -4.68. The Labute approximate surface area is 160 Å². The predicted molar refractivity (Wildman–Crippen MR) is 99.1 cm³/mol. The van der Waals surface area contributed by atoms with Crippen LogP contribution in [-0.4, -0.2) is 80.2 Å². The van der Waals surface area contributed by atoms with E-state index in [-0.39, 0.29) is 6.54 Å². The molecule has 0 aromatic heterocycles. The minimum atomic E-state index is -2.02. The van der Waals surface area contributed by atoms with Gasteiger partial charge in [-0.1, -0.05) is 25.2 Å². The van der Waals surface area contributed by atoms with Crippen molar-refractivity contribution in [3.8, 4) is 23.7 Å². The van der Waals surface area contributed by atoms with Crippen LogP contribution in [0.15, 0.2) is 0 Å². The summed E-state index contributed by atoms with van der Waals surface area (Å²) in [7, 11) is 0. The molecule has 154 valence electrons. The van der Waals surface area contributed by atoms with Crippen molar-refractivity contribution >= 4 is 5.91 Å². The van der Waals surface area contributed by atoms with Gasteiger partial charge in [-0.25, -0.2) is 0 Å². The Balaban J connectivity index is 4.07. The average molecular weight is 385 g/mol. The zero-order chi connectivity index (χ0) is 20.7. The van der Waals surface area contributed by atoms with E-state index in [9.17, 15) is 30.3 Å². The van der Waals surface area contributed by atoms with Crippen LogP contribution < -0.4 is 5.32 Å². The summed E-state index contributed by atoms with van der Waals surface area (Å²) in [5, 5.41) is 58.8. The molecule has 27 heavy (non-hydrogen) atoms. The van der Waals surface area contributed by atoms with Crippen LogP contribution in [0.2, 0.25) is 0 Å². The first-order valence-corrected chi connectivity index (χ1v) is 9.11. The summed E-state index contributed by atoms with van der Waals surface area (Å²) < 4.78 is 0. The topological polar surface area (TPSA) is 150 Å². The van der Waals surface area contributed by atoms with Gasteiger partial charge < -0.3 is 36.0 Å². The number of nitrogens with one attached hydrogen (secondary N) is 1. The van der Waals surface area contributed by atoms with Crippen molar-refractivity contribution in [3.05, 3.63) is 0 Å². The zero-order valence-electron chi connectivity index (χ0n) is 15.6. The number of carbonyl (C=O) groups is 1. The minimum absolute atomic E-state index is 0.240. The summed E-state index contributed by atoms with van der Waals surface area (Å²) in [6, 6.07) is 0. The fraction of sp³-hybridized carbons (Fsp3) is 0.737. The molecule has 0 rings (SSSR count). The van der Waals surface area contributed by atoms with E-state index in [1.807, 2.05) is 0 Å². The van der Waals surface area contributed by atoms with E-state index in [0.717, 1.165) is 19.3 Å². The lowest BCUT2D eigenvalue weighted by Gasteiger charge is -2.27. The van der Waals surface area contributed by atoms with Crippen LogP contribution in [0.5, 0.6) is 0 Å². The van der Waals surface area contributed by atoms with E-state index in [1.54, 1.807) is 0 Å². The molecule has 7 N–H and O–H groups in total.